The van der Waals surface area contributed by atoms with E-state index in [0.29, 0.717) is 5.02 Å². The molecule has 15 heavy (non-hydrogen) atoms. The highest BCUT2D eigenvalue weighted by atomic mass is 35.5. The normalized spacial score (nSPS) is 13.9. The summed E-state index contributed by atoms with van der Waals surface area (Å²) in [5.74, 6) is -1.50. The van der Waals surface area contributed by atoms with Gasteiger partial charge in [-0.15, -0.1) is 0 Å². The van der Waals surface area contributed by atoms with Crippen LogP contribution in [0.2, 0.25) is 5.02 Å². The van der Waals surface area contributed by atoms with E-state index in [1.807, 2.05) is 0 Å². The van der Waals surface area contributed by atoms with Crippen molar-refractivity contribution in [3.63, 3.8) is 0 Å². The fourth-order valence-electron chi connectivity index (χ4n) is 1.38. The number of halogens is 4. The second kappa shape index (κ2) is 4.86. The maximum atomic E-state index is 12.6. The maximum Gasteiger partial charge on any atom is 0.395 e. The largest absolute Gasteiger partial charge is 0.395 e. The number of rotatable bonds is 3. The van der Waals surface area contributed by atoms with Crippen LogP contribution in [0.15, 0.2) is 24.3 Å². The summed E-state index contributed by atoms with van der Waals surface area (Å²) in [5.41, 5.74) is 5.37. The van der Waals surface area contributed by atoms with Gasteiger partial charge in [0, 0.05) is 5.02 Å². The number of alkyl halides is 3. The minimum absolute atomic E-state index is 0.00675. The number of hydrogen-bond acceptors (Lipinski definition) is 1. The summed E-state index contributed by atoms with van der Waals surface area (Å²) in [6.45, 7) is 0.00675. The van der Waals surface area contributed by atoms with E-state index >= 15 is 0 Å². The first kappa shape index (κ1) is 12.3. The molecule has 0 saturated heterocycles. The van der Waals surface area contributed by atoms with Crippen molar-refractivity contribution in [1.82, 2.24) is 0 Å². The van der Waals surface area contributed by atoms with Gasteiger partial charge >= 0.3 is 6.18 Å². The molecule has 0 saturated carbocycles. The van der Waals surface area contributed by atoms with Gasteiger partial charge in [0.2, 0.25) is 0 Å². The molecule has 1 aromatic rings. The van der Waals surface area contributed by atoms with Gasteiger partial charge in [0.15, 0.2) is 0 Å². The Hall–Kier alpha value is -0.740. The molecule has 0 heterocycles. The van der Waals surface area contributed by atoms with Gasteiger partial charge in [0.25, 0.3) is 0 Å². The molecule has 5 heteroatoms. The molecule has 2 N–H and O–H groups in total. The SMILES string of the molecule is NCCC(c1ccc(Cl)cc1)C(F)(F)F. The van der Waals surface area contributed by atoms with E-state index in [4.69, 9.17) is 17.3 Å². The minimum Gasteiger partial charge on any atom is -0.330 e. The maximum absolute atomic E-state index is 12.6. The summed E-state index contributed by atoms with van der Waals surface area (Å²) in [7, 11) is 0. The van der Waals surface area contributed by atoms with Crippen molar-refractivity contribution in [2.24, 2.45) is 5.73 Å². The molecule has 0 bridgehead atoms. The highest BCUT2D eigenvalue weighted by Gasteiger charge is 2.39. The van der Waals surface area contributed by atoms with Crippen LogP contribution in [0, 0.1) is 0 Å². The van der Waals surface area contributed by atoms with Crippen molar-refractivity contribution in [2.75, 3.05) is 6.54 Å². The highest BCUT2D eigenvalue weighted by molar-refractivity contribution is 6.30. The van der Waals surface area contributed by atoms with Gasteiger partial charge in [0.1, 0.15) is 0 Å². The van der Waals surface area contributed by atoms with E-state index in [9.17, 15) is 13.2 Å². The predicted molar refractivity (Wildman–Crippen MR) is 53.9 cm³/mol. The van der Waals surface area contributed by atoms with Gasteiger partial charge in [-0.3, -0.25) is 0 Å². The molecule has 0 fully saturated rings. The van der Waals surface area contributed by atoms with Crippen molar-refractivity contribution >= 4 is 11.6 Å². The fraction of sp³-hybridized carbons (Fsp3) is 0.400. The van der Waals surface area contributed by atoms with Crippen LogP contribution in [0.3, 0.4) is 0 Å². The molecule has 1 aromatic carbocycles. The Balaban J connectivity index is 2.94. The smallest absolute Gasteiger partial charge is 0.330 e. The summed E-state index contributed by atoms with van der Waals surface area (Å²) in [6, 6.07) is 5.67. The van der Waals surface area contributed by atoms with E-state index in [-0.39, 0.29) is 18.5 Å². The van der Waals surface area contributed by atoms with Crippen LogP contribution >= 0.6 is 11.6 Å². The molecule has 84 valence electrons. The van der Waals surface area contributed by atoms with Gasteiger partial charge in [-0.25, -0.2) is 0 Å². The van der Waals surface area contributed by atoms with Gasteiger partial charge < -0.3 is 5.73 Å². The summed E-state index contributed by atoms with van der Waals surface area (Å²) in [4.78, 5) is 0. The average molecular weight is 238 g/mol. The Labute approximate surface area is 91.0 Å². The fourth-order valence-corrected chi connectivity index (χ4v) is 1.51. The van der Waals surface area contributed by atoms with Crippen molar-refractivity contribution in [1.29, 1.82) is 0 Å². The van der Waals surface area contributed by atoms with Crippen LogP contribution in [-0.2, 0) is 0 Å². The molecule has 0 aromatic heterocycles. The van der Waals surface area contributed by atoms with E-state index in [2.05, 4.69) is 0 Å². The second-order valence-electron chi connectivity index (χ2n) is 3.22. The molecule has 1 rings (SSSR count). The summed E-state index contributed by atoms with van der Waals surface area (Å²) in [6.07, 6.45) is -4.36. The van der Waals surface area contributed by atoms with Gasteiger partial charge in [-0.2, -0.15) is 13.2 Å². The van der Waals surface area contributed by atoms with E-state index in [1.165, 1.54) is 24.3 Å². The third-order valence-corrected chi connectivity index (χ3v) is 2.37. The minimum atomic E-state index is -4.26. The lowest BCUT2D eigenvalue weighted by molar-refractivity contribution is -0.151. The van der Waals surface area contributed by atoms with Crippen LogP contribution in [0.1, 0.15) is 17.9 Å². The zero-order valence-corrected chi connectivity index (χ0v) is 8.65. The standard InChI is InChI=1S/C10H11ClF3N/c11-8-3-1-7(2-4-8)9(5-6-15)10(12,13)14/h1-4,9H,5-6,15H2. The van der Waals surface area contributed by atoms with Crippen LogP contribution in [0.4, 0.5) is 13.2 Å². The second-order valence-corrected chi connectivity index (χ2v) is 3.66. The molecule has 1 unspecified atom stereocenters. The average Bonchev–Trinajstić information content (AvgIpc) is 2.14. The number of hydrogen-bond donors (Lipinski definition) is 1. The van der Waals surface area contributed by atoms with Crippen molar-refractivity contribution in [2.45, 2.75) is 18.5 Å². The summed E-state index contributed by atoms with van der Waals surface area (Å²) >= 11 is 5.60. The first-order valence-electron chi connectivity index (χ1n) is 4.47. The van der Waals surface area contributed by atoms with Crippen molar-refractivity contribution in [3.05, 3.63) is 34.9 Å². The number of nitrogens with two attached hydrogens (primary N) is 1. The lowest BCUT2D eigenvalue weighted by atomic mass is 9.95. The Morgan fingerprint density at radius 1 is 1.20 bits per heavy atom. The van der Waals surface area contributed by atoms with Crippen LogP contribution in [-0.4, -0.2) is 12.7 Å². The third-order valence-electron chi connectivity index (χ3n) is 2.12. The molecule has 1 nitrogen and oxygen atoms in total. The first-order valence-corrected chi connectivity index (χ1v) is 4.85. The zero-order chi connectivity index (χ0) is 11.5. The Morgan fingerprint density at radius 3 is 2.13 bits per heavy atom. The van der Waals surface area contributed by atoms with Crippen LogP contribution < -0.4 is 5.73 Å². The Bertz CT molecular complexity index is 307. The zero-order valence-electron chi connectivity index (χ0n) is 7.89. The molecule has 0 aliphatic heterocycles. The molecule has 0 spiro atoms. The molecule has 0 amide bonds. The van der Waals surface area contributed by atoms with Crippen LogP contribution in [0.25, 0.3) is 0 Å². The number of benzene rings is 1. The first-order chi connectivity index (χ1) is 6.95. The topological polar surface area (TPSA) is 26.0 Å². The quantitative estimate of drug-likeness (QED) is 0.857. The molecule has 1 atom stereocenters. The molecule has 0 radical (unpaired) electrons. The predicted octanol–water partition coefficient (Wildman–Crippen LogP) is 3.33. The van der Waals surface area contributed by atoms with Crippen LogP contribution in [0.5, 0.6) is 0 Å². The van der Waals surface area contributed by atoms with E-state index in [1.54, 1.807) is 0 Å². The molecular weight excluding hydrogens is 227 g/mol. The van der Waals surface area contributed by atoms with Gasteiger partial charge in [-0.05, 0) is 30.7 Å². The highest BCUT2D eigenvalue weighted by Crippen LogP contribution is 2.37. The van der Waals surface area contributed by atoms with E-state index < -0.39 is 12.1 Å². The van der Waals surface area contributed by atoms with Gasteiger partial charge in [-0.1, -0.05) is 23.7 Å². The molecular formula is C10H11ClF3N. The monoisotopic (exact) mass is 237 g/mol. The third kappa shape index (κ3) is 3.39. The summed E-state index contributed by atoms with van der Waals surface area (Å²) in [5, 5.41) is 0.424. The molecule has 0 aliphatic carbocycles. The van der Waals surface area contributed by atoms with Gasteiger partial charge in [0.05, 0.1) is 5.92 Å². The Morgan fingerprint density at radius 2 is 1.73 bits per heavy atom. The Kier molecular flexibility index (Phi) is 3.99. The molecule has 0 aliphatic rings. The lowest BCUT2D eigenvalue weighted by Crippen LogP contribution is -2.23. The van der Waals surface area contributed by atoms with E-state index in [0.717, 1.165) is 0 Å². The van der Waals surface area contributed by atoms with Crippen molar-refractivity contribution in [3.8, 4) is 0 Å². The summed E-state index contributed by atoms with van der Waals surface area (Å²) < 4.78 is 37.8. The lowest BCUT2D eigenvalue weighted by Gasteiger charge is -2.19. The van der Waals surface area contributed by atoms with Crippen molar-refractivity contribution < 1.29 is 13.2 Å².